The molecule has 164 valence electrons. The molecule has 1 atom stereocenters. The second kappa shape index (κ2) is 9.17. The SMILES string of the molecule is CCc1ccc(CN2CCC3(CC2)OCC(=O)N(C)C3C)o1.O=C(O)C(F)(F)F. The van der Waals surface area contributed by atoms with Crippen LogP contribution in [0.25, 0.3) is 0 Å². The van der Waals surface area contributed by atoms with Crippen LogP contribution in [0.4, 0.5) is 13.2 Å². The predicted octanol–water partition coefficient (Wildman–Crippen LogP) is 2.69. The normalized spacial score (nSPS) is 22.3. The van der Waals surface area contributed by atoms with Crippen molar-refractivity contribution in [3.05, 3.63) is 23.7 Å². The number of halogens is 3. The number of carbonyl (C=O) groups is 2. The number of hydrogen-bond donors (Lipinski definition) is 1. The van der Waals surface area contributed by atoms with Gasteiger partial charge < -0.3 is 19.2 Å². The zero-order valence-corrected chi connectivity index (χ0v) is 16.8. The molecule has 1 aromatic heterocycles. The lowest BCUT2D eigenvalue weighted by atomic mass is 9.83. The maximum absolute atomic E-state index is 11.7. The molecule has 0 radical (unpaired) electrons. The Hall–Kier alpha value is -2.07. The molecular weight excluding hydrogens is 393 g/mol. The minimum atomic E-state index is -5.08. The Morgan fingerprint density at radius 1 is 1.28 bits per heavy atom. The van der Waals surface area contributed by atoms with Gasteiger partial charge in [0.25, 0.3) is 0 Å². The molecule has 2 fully saturated rings. The zero-order chi connectivity index (χ0) is 21.8. The number of hydrogen-bond acceptors (Lipinski definition) is 5. The molecule has 29 heavy (non-hydrogen) atoms. The van der Waals surface area contributed by atoms with Gasteiger partial charge in [-0.3, -0.25) is 9.69 Å². The van der Waals surface area contributed by atoms with Crippen molar-refractivity contribution in [3.8, 4) is 0 Å². The van der Waals surface area contributed by atoms with Crippen LogP contribution in [0.5, 0.6) is 0 Å². The standard InChI is InChI=1S/C17H26N2O3.C2HF3O2/c1-4-14-5-6-15(22-14)11-19-9-7-17(8-10-19)13(2)18(3)16(20)12-21-17;3-2(4,5)1(6)7/h5-6,13H,4,7-12H2,1-3H3;(H,6,7). The third kappa shape index (κ3) is 5.72. The van der Waals surface area contributed by atoms with Crippen LogP contribution >= 0.6 is 0 Å². The Kier molecular flexibility index (Phi) is 7.34. The third-order valence-corrected chi connectivity index (χ3v) is 5.61. The fourth-order valence-electron chi connectivity index (χ4n) is 3.57. The number of carboxylic acid groups (broad SMARTS) is 1. The summed E-state index contributed by atoms with van der Waals surface area (Å²) in [5.74, 6) is -0.582. The summed E-state index contributed by atoms with van der Waals surface area (Å²) in [6.07, 6.45) is -2.21. The molecule has 1 amide bonds. The van der Waals surface area contributed by atoms with Crippen LogP contribution in [0.2, 0.25) is 0 Å². The minimum absolute atomic E-state index is 0.0863. The lowest BCUT2D eigenvalue weighted by Crippen LogP contribution is -2.62. The lowest BCUT2D eigenvalue weighted by molar-refractivity contribution is -0.192. The highest BCUT2D eigenvalue weighted by atomic mass is 19.4. The highest BCUT2D eigenvalue weighted by molar-refractivity contribution is 5.78. The summed E-state index contributed by atoms with van der Waals surface area (Å²) >= 11 is 0. The van der Waals surface area contributed by atoms with Gasteiger partial charge in [-0.1, -0.05) is 6.92 Å². The summed E-state index contributed by atoms with van der Waals surface area (Å²) in [5.41, 5.74) is -0.170. The number of amides is 1. The summed E-state index contributed by atoms with van der Waals surface area (Å²) in [6.45, 7) is 7.25. The fourth-order valence-corrected chi connectivity index (χ4v) is 3.57. The highest BCUT2D eigenvalue weighted by Gasteiger charge is 2.46. The second-order valence-electron chi connectivity index (χ2n) is 7.33. The van der Waals surface area contributed by atoms with E-state index in [9.17, 15) is 18.0 Å². The Balaban J connectivity index is 0.000000370. The van der Waals surface area contributed by atoms with E-state index in [1.807, 2.05) is 11.9 Å². The number of carboxylic acids is 1. The number of morpholine rings is 1. The second-order valence-corrected chi connectivity index (χ2v) is 7.33. The first-order chi connectivity index (χ1) is 13.5. The van der Waals surface area contributed by atoms with Crippen molar-refractivity contribution in [1.82, 2.24) is 9.80 Å². The predicted molar refractivity (Wildman–Crippen MR) is 97.2 cm³/mol. The molecule has 3 heterocycles. The quantitative estimate of drug-likeness (QED) is 0.810. The van der Waals surface area contributed by atoms with E-state index < -0.39 is 12.1 Å². The number of ether oxygens (including phenoxy) is 1. The van der Waals surface area contributed by atoms with Crippen molar-refractivity contribution in [2.45, 2.75) is 57.5 Å². The van der Waals surface area contributed by atoms with Crippen LogP contribution in [0, 0.1) is 0 Å². The smallest absolute Gasteiger partial charge is 0.475 e. The Labute approximate surface area is 167 Å². The minimum Gasteiger partial charge on any atom is -0.475 e. The number of likely N-dealkylation sites (N-methyl/N-ethyl adjacent to an activating group) is 1. The van der Waals surface area contributed by atoms with Gasteiger partial charge in [-0.25, -0.2) is 4.79 Å². The molecule has 2 aliphatic rings. The number of carbonyl (C=O) groups excluding carboxylic acids is 1. The summed E-state index contributed by atoms with van der Waals surface area (Å²) in [7, 11) is 1.89. The first-order valence-electron chi connectivity index (χ1n) is 9.48. The molecule has 3 rings (SSSR count). The van der Waals surface area contributed by atoms with Gasteiger partial charge in [0, 0.05) is 26.6 Å². The van der Waals surface area contributed by atoms with Gasteiger partial charge in [-0.15, -0.1) is 0 Å². The molecule has 0 aromatic carbocycles. The maximum atomic E-state index is 11.7. The van der Waals surface area contributed by atoms with Crippen molar-refractivity contribution in [2.24, 2.45) is 0 Å². The maximum Gasteiger partial charge on any atom is 0.490 e. The van der Waals surface area contributed by atoms with Gasteiger partial charge in [0.1, 0.15) is 18.1 Å². The van der Waals surface area contributed by atoms with Gasteiger partial charge in [-0.05, 0) is 31.9 Å². The molecule has 1 unspecified atom stereocenters. The van der Waals surface area contributed by atoms with Gasteiger partial charge in [-0.2, -0.15) is 13.2 Å². The molecule has 2 aliphatic heterocycles. The number of furan rings is 1. The van der Waals surface area contributed by atoms with E-state index in [2.05, 4.69) is 30.9 Å². The third-order valence-electron chi connectivity index (χ3n) is 5.61. The molecule has 2 saturated heterocycles. The number of alkyl halides is 3. The molecule has 0 saturated carbocycles. The van der Waals surface area contributed by atoms with Crippen molar-refractivity contribution in [1.29, 1.82) is 0 Å². The number of likely N-dealkylation sites (tertiary alicyclic amines) is 1. The Morgan fingerprint density at radius 3 is 2.31 bits per heavy atom. The van der Waals surface area contributed by atoms with Gasteiger partial charge in [0.2, 0.25) is 5.91 Å². The summed E-state index contributed by atoms with van der Waals surface area (Å²) in [5, 5.41) is 7.12. The van der Waals surface area contributed by atoms with Crippen molar-refractivity contribution >= 4 is 11.9 Å². The molecule has 10 heteroatoms. The van der Waals surface area contributed by atoms with Gasteiger partial charge in [0.15, 0.2) is 0 Å². The molecular formula is C19H27F3N2O5. The average molecular weight is 420 g/mol. The number of rotatable bonds is 3. The van der Waals surface area contributed by atoms with Crippen LogP contribution in [0.15, 0.2) is 16.5 Å². The molecule has 1 aromatic rings. The lowest BCUT2D eigenvalue weighted by Gasteiger charge is -2.50. The summed E-state index contributed by atoms with van der Waals surface area (Å²) < 4.78 is 43.5. The Bertz CT molecular complexity index is 711. The van der Waals surface area contributed by atoms with Crippen LogP contribution in [-0.2, 0) is 27.3 Å². The largest absolute Gasteiger partial charge is 0.490 e. The monoisotopic (exact) mass is 420 g/mol. The molecule has 1 N–H and O–H groups in total. The zero-order valence-electron chi connectivity index (χ0n) is 16.8. The molecule has 0 aliphatic carbocycles. The summed E-state index contributed by atoms with van der Waals surface area (Å²) in [4.78, 5) is 24.9. The van der Waals surface area contributed by atoms with Crippen molar-refractivity contribution in [3.63, 3.8) is 0 Å². The van der Waals surface area contributed by atoms with Crippen LogP contribution in [-0.4, -0.2) is 71.3 Å². The van der Waals surface area contributed by atoms with E-state index >= 15 is 0 Å². The molecule has 7 nitrogen and oxygen atoms in total. The van der Waals surface area contributed by atoms with E-state index in [1.54, 1.807) is 0 Å². The number of piperidine rings is 1. The van der Waals surface area contributed by atoms with E-state index in [0.29, 0.717) is 0 Å². The van der Waals surface area contributed by atoms with Gasteiger partial charge >= 0.3 is 12.1 Å². The first kappa shape index (κ1) is 23.2. The van der Waals surface area contributed by atoms with E-state index in [-0.39, 0.29) is 24.2 Å². The fraction of sp³-hybridized carbons (Fsp3) is 0.684. The number of nitrogens with zero attached hydrogens (tertiary/aromatic N) is 2. The average Bonchev–Trinajstić information content (AvgIpc) is 3.12. The van der Waals surface area contributed by atoms with Crippen molar-refractivity contribution in [2.75, 3.05) is 26.7 Å². The first-order valence-corrected chi connectivity index (χ1v) is 9.48. The number of aliphatic carboxylic acids is 1. The van der Waals surface area contributed by atoms with Crippen LogP contribution < -0.4 is 0 Å². The van der Waals surface area contributed by atoms with Crippen molar-refractivity contribution < 1.29 is 37.0 Å². The number of aryl methyl sites for hydroxylation is 1. The molecule has 1 spiro atoms. The molecule has 0 bridgehead atoms. The van der Waals surface area contributed by atoms with E-state index in [4.69, 9.17) is 19.1 Å². The topological polar surface area (TPSA) is 83.2 Å². The summed E-state index contributed by atoms with van der Waals surface area (Å²) in [6, 6.07) is 4.29. The van der Waals surface area contributed by atoms with Crippen LogP contribution in [0.1, 0.15) is 38.2 Å². The van der Waals surface area contributed by atoms with E-state index in [0.717, 1.165) is 50.4 Å². The van der Waals surface area contributed by atoms with Crippen LogP contribution in [0.3, 0.4) is 0 Å². The highest BCUT2D eigenvalue weighted by Crippen LogP contribution is 2.35. The van der Waals surface area contributed by atoms with Gasteiger partial charge in [0.05, 0.1) is 18.2 Å². The Morgan fingerprint density at radius 2 is 1.83 bits per heavy atom. The van der Waals surface area contributed by atoms with E-state index in [1.165, 1.54) is 0 Å².